The second-order valence-corrected chi connectivity index (χ2v) is 8.82. The molecule has 0 spiro atoms. The Morgan fingerprint density at radius 1 is 1.10 bits per heavy atom. The van der Waals surface area contributed by atoms with E-state index >= 15 is 0 Å². The Morgan fingerprint density at radius 2 is 1.83 bits per heavy atom. The summed E-state index contributed by atoms with van der Waals surface area (Å²) in [5, 5.41) is 3.08. The molecule has 1 aromatic heterocycles. The van der Waals surface area contributed by atoms with Gasteiger partial charge < -0.3 is 5.32 Å². The molecular weight excluding hydrogens is 410 g/mol. The van der Waals surface area contributed by atoms with Crippen LogP contribution in [0.15, 0.2) is 71.9 Å². The first kappa shape index (κ1) is 20.8. The van der Waals surface area contributed by atoms with Crippen molar-refractivity contribution in [1.82, 2.24) is 4.98 Å². The molecule has 0 aliphatic heterocycles. The third-order valence-corrected chi connectivity index (χ3v) is 6.48. The van der Waals surface area contributed by atoms with Crippen LogP contribution < -0.4 is 9.62 Å². The van der Waals surface area contributed by atoms with E-state index in [2.05, 4.69) is 10.3 Å². The monoisotopic (exact) mass is 429 g/mol. The third-order valence-electron chi connectivity index (χ3n) is 4.28. The number of benzene rings is 2. The van der Waals surface area contributed by atoms with Crippen molar-refractivity contribution in [2.24, 2.45) is 0 Å². The van der Waals surface area contributed by atoms with Gasteiger partial charge in [-0.05, 0) is 55.8 Å². The number of hydrogen-bond donors (Lipinski definition) is 1. The molecule has 1 heterocycles. The second kappa shape index (κ2) is 8.63. The van der Waals surface area contributed by atoms with Crippen molar-refractivity contribution in [1.29, 1.82) is 0 Å². The zero-order chi connectivity index (χ0) is 21.0. The summed E-state index contributed by atoms with van der Waals surface area (Å²) in [6, 6.07) is 14.7. The van der Waals surface area contributed by atoms with Gasteiger partial charge in [-0.15, -0.1) is 0 Å². The number of halogens is 1. The number of nitrogens with zero attached hydrogens (tertiary/aromatic N) is 2. The van der Waals surface area contributed by atoms with Gasteiger partial charge in [0.2, 0.25) is 5.91 Å². The number of anilines is 2. The molecule has 0 saturated heterocycles. The summed E-state index contributed by atoms with van der Waals surface area (Å²) in [6.07, 6.45) is 3.07. The van der Waals surface area contributed by atoms with Gasteiger partial charge in [0.05, 0.1) is 22.5 Å². The Hall–Kier alpha value is -2.90. The number of carbonyl (C=O) groups is 1. The maximum atomic E-state index is 13.3. The van der Waals surface area contributed by atoms with Gasteiger partial charge in [0.15, 0.2) is 0 Å². The molecule has 0 aliphatic rings. The number of sulfonamides is 1. The minimum absolute atomic E-state index is 0.0916. The Balaban J connectivity index is 1.98. The highest BCUT2D eigenvalue weighted by Gasteiger charge is 2.27. The summed E-state index contributed by atoms with van der Waals surface area (Å²) in [6.45, 7) is 3.28. The first-order valence-electron chi connectivity index (χ1n) is 8.83. The zero-order valence-electron chi connectivity index (χ0n) is 16.0. The number of nitrogens with one attached hydrogen (secondary N) is 1. The quantitative estimate of drug-likeness (QED) is 0.637. The van der Waals surface area contributed by atoms with E-state index in [9.17, 15) is 13.2 Å². The molecule has 0 bridgehead atoms. The SMILES string of the molecule is Cc1ccc(S(=O)(=O)N(CC(=O)Nc2cccnc2)c2ccc(C)c(Cl)c2)cc1. The summed E-state index contributed by atoms with van der Waals surface area (Å²) in [5.74, 6) is -0.495. The van der Waals surface area contributed by atoms with Crippen LogP contribution in [0, 0.1) is 13.8 Å². The van der Waals surface area contributed by atoms with Crippen LogP contribution in [0.2, 0.25) is 5.02 Å². The molecule has 3 aromatic rings. The van der Waals surface area contributed by atoms with Gasteiger partial charge in [0.25, 0.3) is 10.0 Å². The van der Waals surface area contributed by atoms with Gasteiger partial charge in [-0.25, -0.2) is 8.42 Å². The van der Waals surface area contributed by atoms with Crippen molar-refractivity contribution in [3.8, 4) is 0 Å². The molecule has 8 heteroatoms. The third kappa shape index (κ3) is 4.93. The number of rotatable bonds is 6. The smallest absolute Gasteiger partial charge is 0.264 e. The summed E-state index contributed by atoms with van der Waals surface area (Å²) in [5.41, 5.74) is 2.53. The molecule has 0 unspecified atom stereocenters. The Morgan fingerprint density at radius 3 is 2.45 bits per heavy atom. The fourth-order valence-electron chi connectivity index (χ4n) is 2.66. The van der Waals surface area contributed by atoms with Crippen LogP contribution in [0.25, 0.3) is 0 Å². The van der Waals surface area contributed by atoms with E-state index in [0.29, 0.717) is 16.4 Å². The van der Waals surface area contributed by atoms with E-state index < -0.39 is 22.5 Å². The lowest BCUT2D eigenvalue weighted by Crippen LogP contribution is -2.38. The second-order valence-electron chi connectivity index (χ2n) is 6.55. The number of carbonyl (C=O) groups excluding carboxylic acids is 1. The highest BCUT2D eigenvalue weighted by molar-refractivity contribution is 7.92. The maximum Gasteiger partial charge on any atom is 0.264 e. The van der Waals surface area contributed by atoms with E-state index in [4.69, 9.17) is 11.6 Å². The molecule has 3 rings (SSSR count). The molecule has 2 aromatic carbocycles. The molecule has 29 heavy (non-hydrogen) atoms. The van der Waals surface area contributed by atoms with Crippen molar-refractivity contribution < 1.29 is 13.2 Å². The average Bonchev–Trinajstić information content (AvgIpc) is 2.69. The lowest BCUT2D eigenvalue weighted by Gasteiger charge is -2.24. The minimum Gasteiger partial charge on any atom is -0.323 e. The molecule has 0 saturated carbocycles. The van der Waals surface area contributed by atoms with Gasteiger partial charge in [-0.1, -0.05) is 35.4 Å². The number of hydrogen-bond acceptors (Lipinski definition) is 4. The molecule has 6 nitrogen and oxygen atoms in total. The predicted octanol–water partition coefficient (Wildman–Crippen LogP) is 4.19. The average molecular weight is 430 g/mol. The summed E-state index contributed by atoms with van der Waals surface area (Å²) in [4.78, 5) is 16.6. The van der Waals surface area contributed by atoms with Crippen LogP contribution >= 0.6 is 11.6 Å². The van der Waals surface area contributed by atoms with E-state index in [0.717, 1.165) is 15.4 Å². The molecule has 0 fully saturated rings. The van der Waals surface area contributed by atoms with E-state index in [1.165, 1.54) is 18.3 Å². The van der Waals surface area contributed by atoms with Gasteiger partial charge in [-0.3, -0.25) is 14.1 Å². The van der Waals surface area contributed by atoms with Crippen molar-refractivity contribution in [3.05, 3.63) is 83.1 Å². The highest BCUT2D eigenvalue weighted by Crippen LogP contribution is 2.28. The van der Waals surface area contributed by atoms with Crippen LogP contribution in [0.3, 0.4) is 0 Å². The normalized spacial score (nSPS) is 11.1. The molecular formula is C21H20ClN3O3S. The fourth-order valence-corrected chi connectivity index (χ4v) is 4.24. The van der Waals surface area contributed by atoms with E-state index in [1.807, 2.05) is 13.8 Å². The van der Waals surface area contributed by atoms with Crippen LogP contribution in [0.5, 0.6) is 0 Å². The van der Waals surface area contributed by atoms with Crippen molar-refractivity contribution in [3.63, 3.8) is 0 Å². The van der Waals surface area contributed by atoms with Crippen LogP contribution in [0.4, 0.5) is 11.4 Å². The summed E-state index contributed by atoms with van der Waals surface area (Å²) < 4.78 is 27.7. The molecule has 0 atom stereocenters. The maximum absolute atomic E-state index is 13.3. The molecule has 0 aliphatic carbocycles. The van der Waals surface area contributed by atoms with Crippen molar-refractivity contribution >= 4 is 38.9 Å². The minimum atomic E-state index is -3.99. The van der Waals surface area contributed by atoms with Gasteiger partial charge in [-0.2, -0.15) is 0 Å². The van der Waals surface area contributed by atoms with Crippen LogP contribution in [-0.4, -0.2) is 25.9 Å². The fraction of sp³-hybridized carbons (Fsp3) is 0.143. The lowest BCUT2D eigenvalue weighted by molar-refractivity contribution is -0.114. The number of aryl methyl sites for hydroxylation is 2. The topological polar surface area (TPSA) is 79.4 Å². The molecule has 1 N–H and O–H groups in total. The van der Waals surface area contributed by atoms with Crippen molar-refractivity contribution in [2.45, 2.75) is 18.7 Å². The molecule has 1 amide bonds. The number of aromatic nitrogens is 1. The standard InChI is InChI=1S/C21H20ClN3O3S/c1-15-5-9-19(10-6-15)29(27,28)25(18-8-7-16(2)20(22)12-18)14-21(26)24-17-4-3-11-23-13-17/h3-13H,14H2,1-2H3,(H,24,26). The Labute approximate surface area is 175 Å². The highest BCUT2D eigenvalue weighted by atomic mass is 35.5. The van der Waals surface area contributed by atoms with Gasteiger partial charge in [0, 0.05) is 11.2 Å². The first-order chi connectivity index (χ1) is 13.8. The first-order valence-corrected chi connectivity index (χ1v) is 10.6. The van der Waals surface area contributed by atoms with Crippen molar-refractivity contribution in [2.75, 3.05) is 16.2 Å². The summed E-state index contributed by atoms with van der Waals surface area (Å²) in [7, 11) is -3.99. The Bertz CT molecular complexity index is 1120. The van der Waals surface area contributed by atoms with Gasteiger partial charge >= 0.3 is 0 Å². The zero-order valence-corrected chi connectivity index (χ0v) is 17.5. The summed E-state index contributed by atoms with van der Waals surface area (Å²) >= 11 is 6.21. The number of pyridine rings is 1. The van der Waals surface area contributed by atoms with Crippen LogP contribution in [0.1, 0.15) is 11.1 Å². The Kier molecular flexibility index (Phi) is 6.20. The van der Waals surface area contributed by atoms with Crippen LogP contribution in [-0.2, 0) is 14.8 Å². The lowest BCUT2D eigenvalue weighted by atomic mass is 10.2. The van der Waals surface area contributed by atoms with E-state index in [-0.39, 0.29) is 4.90 Å². The number of amides is 1. The van der Waals surface area contributed by atoms with E-state index in [1.54, 1.807) is 48.7 Å². The largest absolute Gasteiger partial charge is 0.323 e. The van der Waals surface area contributed by atoms with Gasteiger partial charge in [0.1, 0.15) is 6.54 Å². The molecule has 150 valence electrons. The molecule has 0 radical (unpaired) electrons. The predicted molar refractivity (Wildman–Crippen MR) is 115 cm³/mol.